The average molecular weight is 301 g/mol. The molecule has 0 aliphatic carbocycles. The molecule has 0 aliphatic rings. The van der Waals surface area contributed by atoms with E-state index in [0.717, 1.165) is 22.3 Å². The number of rotatable bonds is 3. The van der Waals surface area contributed by atoms with Gasteiger partial charge in [-0.15, -0.1) is 0 Å². The van der Waals surface area contributed by atoms with Gasteiger partial charge in [-0.25, -0.2) is 0 Å². The van der Waals surface area contributed by atoms with Gasteiger partial charge in [-0.3, -0.25) is 0 Å². The Bertz CT molecular complexity index is 600. The molecule has 0 aromatic heterocycles. The van der Waals surface area contributed by atoms with E-state index in [1.54, 1.807) is 0 Å². The summed E-state index contributed by atoms with van der Waals surface area (Å²) in [7, 11) is 0. The number of nitriles is 1. The fourth-order valence-electron chi connectivity index (χ4n) is 1.73. The molecule has 2 aromatic carbocycles. The highest BCUT2D eigenvalue weighted by atomic mass is 79.9. The predicted octanol–water partition coefficient (Wildman–Crippen LogP) is 4.24. The van der Waals surface area contributed by atoms with Gasteiger partial charge in [0.2, 0.25) is 0 Å². The van der Waals surface area contributed by atoms with Crippen molar-refractivity contribution in [1.29, 1.82) is 5.26 Å². The second kappa shape index (κ2) is 5.70. The number of benzene rings is 2. The van der Waals surface area contributed by atoms with Crippen LogP contribution in [0.15, 0.2) is 46.9 Å². The zero-order valence-corrected chi connectivity index (χ0v) is 11.7. The highest BCUT2D eigenvalue weighted by Gasteiger charge is 2.00. The summed E-state index contributed by atoms with van der Waals surface area (Å²) in [5, 5.41) is 12.2. The SMILES string of the molecule is Cc1ccc(C#N)cc1NCc1cccc(Br)c1. The number of aryl methyl sites for hydroxylation is 1. The number of hydrogen-bond donors (Lipinski definition) is 1. The summed E-state index contributed by atoms with van der Waals surface area (Å²) >= 11 is 3.45. The van der Waals surface area contributed by atoms with Crippen molar-refractivity contribution in [3.8, 4) is 6.07 Å². The van der Waals surface area contributed by atoms with Crippen LogP contribution in [-0.2, 0) is 6.54 Å². The Morgan fingerprint density at radius 2 is 2.06 bits per heavy atom. The fraction of sp³-hybridized carbons (Fsp3) is 0.133. The molecule has 0 unspecified atom stereocenters. The van der Waals surface area contributed by atoms with Crippen molar-refractivity contribution < 1.29 is 0 Å². The minimum Gasteiger partial charge on any atom is -0.381 e. The smallest absolute Gasteiger partial charge is 0.0992 e. The summed E-state index contributed by atoms with van der Waals surface area (Å²) < 4.78 is 1.07. The molecule has 1 N–H and O–H groups in total. The summed E-state index contributed by atoms with van der Waals surface area (Å²) in [6.45, 7) is 2.78. The second-order valence-electron chi connectivity index (χ2n) is 4.12. The average Bonchev–Trinajstić information content (AvgIpc) is 2.38. The van der Waals surface area contributed by atoms with Crippen molar-refractivity contribution >= 4 is 21.6 Å². The molecule has 0 heterocycles. The van der Waals surface area contributed by atoms with Gasteiger partial charge >= 0.3 is 0 Å². The molecule has 0 aliphatic heterocycles. The first kappa shape index (κ1) is 12.7. The highest BCUT2D eigenvalue weighted by Crippen LogP contribution is 2.18. The molecule has 2 nitrogen and oxygen atoms in total. The van der Waals surface area contributed by atoms with Gasteiger partial charge in [0.05, 0.1) is 11.6 Å². The predicted molar refractivity (Wildman–Crippen MR) is 77.4 cm³/mol. The van der Waals surface area contributed by atoms with Crippen LogP contribution >= 0.6 is 15.9 Å². The van der Waals surface area contributed by atoms with E-state index in [4.69, 9.17) is 5.26 Å². The quantitative estimate of drug-likeness (QED) is 0.920. The Morgan fingerprint density at radius 1 is 1.22 bits per heavy atom. The molecule has 18 heavy (non-hydrogen) atoms. The maximum Gasteiger partial charge on any atom is 0.0992 e. The van der Waals surface area contributed by atoms with Gasteiger partial charge in [0.25, 0.3) is 0 Å². The van der Waals surface area contributed by atoms with E-state index in [1.807, 2.05) is 37.3 Å². The van der Waals surface area contributed by atoms with Crippen molar-refractivity contribution in [1.82, 2.24) is 0 Å². The standard InChI is InChI=1S/C15H13BrN2/c1-11-5-6-12(9-17)8-15(11)18-10-13-3-2-4-14(16)7-13/h2-8,18H,10H2,1H3. The Balaban J connectivity index is 2.13. The molecule has 0 atom stereocenters. The van der Waals surface area contributed by atoms with Crippen LogP contribution in [0.2, 0.25) is 0 Å². The van der Waals surface area contributed by atoms with Gasteiger partial charge in [-0.2, -0.15) is 5.26 Å². The zero-order chi connectivity index (χ0) is 13.0. The molecule has 0 amide bonds. The van der Waals surface area contributed by atoms with Crippen molar-refractivity contribution in [2.24, 2.45) is 0 Å². The summed E-state index contributed by atoms with van der Waals surface area (Å²) in [5.41, 5.74) is 4.03. The molecular weight excluding hydrogens is 288 g/mol. The van der Waals surface area contributed by atoms with Crippen LogP contribution in [0.5, 0.6) is 0 Å². The lowest BCUT2D eigenvalue weighted by molar-refractivity contribution is 1.14. The Hall–Kier alpha value is -1.79. The van der Waals surface area contributed by atoms with Crippen LogP contribution < -0.4 is 5.32 Å². The van der Waals surface area contributed by atoms with E-state index in [2.05, 4.69) is 39.4 Å². The van der Waals surface area contributed by atoms with E-state index in [1.165, 1.54) is 5.56 Å². The van der Waals surface area contributed by atoms with E-state index in [9.17, 15) is 0 Å². The van der Waals surface area contributed by atoms with E-state index < -0.39 is 0 Å². The third kappa shape index (κ3) is 3.12. The fourth-order valence-corrected chi connectivity index (χ4v) is 2.17. The van der Waals surface area contributed by atoms with E-state index in [-0.39, 0.29) is 0 Å². The van der Waals surface area contributed by atoms with Gasteiger partial charge in [-0.05, 0) is 42.3 Å². The summed E-state index contributed by atoms with van der Waals surface area (Å²) in [4.78, 5) is 0. The number of hydrogen-bond acceptors (Lipinski definition) is 2. The topological polar surface area (TPSA) is 35.8 Å². The van der Waals surface area contributed by atoms with Crippen molar-refractivity contribution in [2.75, 3.05) is 5.32 Å². The van der Waals surface area contributed by atoms with Crippen LogP contribution in [-0.4, -0.2) is 0 Å². The molecule has 90 valence electrons. The first-order valence-corrected chi connectivity index (χ1v) is 6.47. The first-order valence-electron chi connectivity index (χ1n) is 5.68. The lowest BCUT2D eigenvalue weighted by Crippen LogP contribution is -2.01. The molecule has 0 fully saturated rings. The minimum atomic E-state index is 0.678. The number of nitrogens with zero attached hydrogens (tertiary/aromatic N) is 1. The van der Waals surface area contributed by atoms with Crippen LogP contribution in [0.3, 0.4) is 0 Å². The largest absolute Gasteiger partial charge is 0.381 e. The van der Waals surface area contributed by atoms with Gasteiger partial charge < -0.3 is 5.32 Å². The van der Waals surface area contributed by atoms with E-state index in [0.29, 0.717) is 5.56 Å². The third-order valence-electron chi connectivity index (χ3n) is 2.74. The van der Waals surface area contributed by atoms with Crippen molar-refractivity contribution in [3.63, 3.8) is 0 Å². The Labute approximate surface area is 115 Å². The highest BCUT2D eigenvalue weighted by molar-refractivity contribution is 9.10. The number of anilines is 1. The Morgan fingerprint density at radius 3 is 2.78 bits per heavy atom. The Kier molecular flexibility index (Phi) is 4.01. The minimum absolute atomic E-state index is 0.678. The molecule has 3 heteroatoms. The summed E-state index contributed by atoms with van der Waals surface area (Å²) in [5.74, 6) is 0. The monoisotopic (exact) mass is 300 g/mol. The van der Waals surface area contributed by atoms with Gasteiger partial charge in [0, 0.05) is 16.7 Å². The van der Waals surface area contributed by atoms with Crippen LogP contribution in [0.25, 0.3) is 0 Å². The molecule has 2 aromatic rings. The third-order valence-corrected chi connectivity index (χ3v) is 3.23. The molecule has 2 rings (SSSR count). The molecule has 0 radical (unpaired) electrons. The van der Waals surface area contributed by atoms with Crippen LogP contribution in [0, 0.1) is 18.3 Å². The summed E-state index contributed by atoms with van der Waals surface area (Å²) in [6.07, 6.45) is 0. The zero-order valence-electron chi connectivity index (χ0n) is 10.1. The first-order chi connectivity index (χ1) is 8.69. The summed E-state index contributed by atoms with van der Waals surface area (Å²) in [6, 6.07) is 16.0. The van der Waals surface area contributed by atoms with Crippen LogP contribution in [0.4, 0.5) is 5.69 Å². The molecule has 0 saturated heterocycles. The molecule has 0 spiro atoms. The van der Waals surface area contributed by atoms with E-state index >= 15 is 0 Å². The molecule has 0 bridgehead atoms. The lowest BCUT2D eigenvalue weighted by Gasteiger charge is -2.10. The normalized spacial score (nSPS) is 9.83. The molecule has 0 saturated carbocycles. The maximum atomic E-state index is 8.89. The van der Waals surface area contributed by atoms with Gasteiger partial charge in [0.1, 0.15) is 0 Å². The van der Waals surface area contributed by atoms with Crippen LogP contribution in [0.1, 0.15) is 16.7 Å². The van der Waals surface area contributed by atoms with Gasteiger partial charge in [-0.1, -0.05) is 34.1 Å². The number of halogens is 1. The number of nitrogens with one attached hydrogen (secondary N) is 1. The second-order valence-corrected chi connectivity index (χ2v) is 5.04. The van der Waals surface area contributed by atoms with Crippen molar-refractivity contribution in [2.45, 2.75) is 13.5 Å². The maximum absolute atomic E-state index is 8.89. The lowest BCUT2D eigenvalue weighted by atomic mass is 10.1. The molecular formula is C15H13BrN2. The van der Waals surface area contributed by atoms with Gasteiger partial charge in [0.15, 0.2) is 0 Å². The van der Waals surface area contributed by atoms with Crippen molar-refractivity contribution in [3.05, 3.63) is 63.6 Å².